The number of carbonyl (C=O) groups excluding carboxylic acids is 2. The zero-order valence-corrected chi connectivity index (χ0v) is 12.1. The van der Waals surface area contributed by atoms with Gasteiger partial charge in [-0.2, -0.15) is 0 Å². The topological polar surface area (TPSA) is 81.4 Å². The van der Waals surface area contributed by atoms with Crippen LogP contribution in [-0.4, -0.2) is 25.5 Å². The van der Waals surface area contributed by atoms with Crippen LogP contribution in [0.2, 0.25) is 0 Å². The number of nitrogens with two attached hydrogens (primary N) is 1. The third kappa shape index (κ3) is 5.00. The molecule has 6 heteroatoms. The van der Waals surface area contributed by atoms with E-state index in [1.54, 1.807) is 11.4 Å². The van der Waals surface area contributed by atoms with Crippen LogP contribution in [-0.2, 0) is 9.53 Å². The van der Waals surface area contributed by atoms with Crippen LogP contribution in [0, 0.1) is 5.92 Å². The number of hydrogen-bond donors (Lipinski definition) is 2. The minimum atomic E-state index is -0.429. The summed E-state index contributed by atoms with van der Waals surface area (Å²) in [6.07, 6.45) is 2.14. The first kappa shape index (κ1) is 15.7. The maximum absolute atomic E-state index is 11.8. The van der Waals surface area contributed by atoms with Crippen LogP contribution in [0.5, 0.6) is 0 Å². The van der Waals surface area contributed by atoms with Crippen molar-refractivity contribution >= 4 is 28.9 Å². The van der Waals surface area contributed by atoms with Gasteiger partial charge in [-0.05, 0) is 36.8 Å². The van der Waals surface area contributed by atoms with Crippen LogP contribution in [0.15, 0.2) is 11.4 Å². The fourth-order valence-corrected chi connectivity index (χ4v) is 2.44. The molecule has 0 radical (unpaired) electrons. The summed E-state index contributed by atoms with van der Waals surface area (Å²) in [4.78, 5) is 23.7. The zero-order chi connectivity index (χ0) is 14.3. The Morgan fingerprint density at radius 2 is 2.21 bits per heavy atom. The van der Waals surface area contributed by atoms with Crippen molar-refractivity contribution in [3.05, 3.63) is 16.3 Å². The van der Waals surface area contributed by atoms with Gasteiger partial charge in [0.15, 0.2) is 0 Å². The summed E-state index contributed by atoms with van der Waals surface area (Å²) >= 11 is 1.25. The van der Waals surface area contributed by atoms with E-state index in [0.29, 0.717) is 29.4 Å². The van der Waals surface area contributed by atoms with Gasteiger partial charge in [-0.25, -0.2) is 4.79 Å². The second-order valence-electron chi connectivity index (χ2n) is 4.42. The number of rotatable bonds is 7. The lowest BCUT2D eigenvalue weighted by Gasteiger charge is -2.10. The Bertz CT molecular complexity index is 431. The van der Waals surface area contributed by atoms with Crippen molar-refractivity contribution in [3.63, 3.8) is 0 Å². The molecule has 0 aliphatic heterocycles. The first-order chi connectivity index (χ1) is 9.08. The number of hydrogen-bond acceptors (Lipinski definition) is 5. The lowest BCUT2D eigenvalue weighted by Crippen LogP contribution is -2.15. The zero-order valence-electron chi connectivity index (χ0n) is 11.3. The Labute approximate surface area is 117 Å². The summed E-state index contributed by atoms with van der Waals surface area (Å²) in [6.45, 7) is 2.71. The molecule has 1 aromatic rings. The van der Waals surface area contributed by atoms with E-state index in [1.165, 1.54) is 18.4 Å². The maximum atomic E-state index is 11.8. The largest absolute Gasteiger partial charge is 0.465 e. The van der Waals surface area contributed by atoms with Gasteiger partial charge in [0.2, 0.25) is 5.91 Å². The molecule has 1 rings (SSSR count). The highest BCUT2D eigenvalue weighted by Crippen LogP contribution is 2.23. The number of anilines is 1. The van der Waals surface area contributed by atoms with Crippen LogP contribution in [0.4, 0.5) is 5.69 Å². The second kappa shape index (κ2) is 7.91. The molecule has 0 aliphatic rings. The van der Waals surface area contributed by atoms with Crippen LogP contribution in [0.3, 0.4) is 0 Å². The van der Waals surface area contributed by atoms with E-state index in [2.05, 4.69) is 17.0 Å². The van der Waals surface area contributed by atoms with Gasteiger partial charge >= 0.3 is 5.97 Å². The van der Waals surface area contributed by atoms with Gasteiger partial charge in [-0.3, -0.25) is 4.79 Å². The number of ether oxygens (including phenoxy) is 1. The molecule has 0 spiro atoms. The lowest BCUT2D eigenvalue weighted by molar-refractivity contribution is -0.116. The molecule has 106 valence electrons. The molecule has 1 heterocycles. The monoisotopic (exact) mass is 284 g/mol. The molecule has 1 aromatic heterocycles. The van der Waals surface area contributed by atoms with Crippen LogP contribution < -0.4 is 11.1 Å². The molecule has 0 saturated heterocycles. The highest BCUT2D eigenvalue weighted by Gasteiger charge is 2.15. The van der Waals surface area contributed by atoms with Gasteiger partial charge in [0.05, 0.1) is 12.8 Å². The standard InChI is InChI=1S/C13H20N2O3S/c1-9(5-7-14)3-4-11(16)15-10-6-8-19-12(10)13(17)18-2/h6,8-9H,3-5,7,14H2,1-2H3,(H,15,16). The van der Waals surface area contributed by atoms with Gasteiger partial charge in [0.25, 0.3) is 0 Å². The van der Waals surface area contributed by atoms with Gasteiger partial charge < -0.3 is 15.8 Å². The predicted octanol–water partition coefficient (Wildman–Crippen LogP) is 2.24. The van der Waals surface area contributed by atoms with Crippen molar-refractivity contribution in [2.24, 2.45) is 11.7 Å². The molecule has 19 heavy (non-hydrogen) atoms. The number of esters is 1. The van der Waals surface area contributed by atoms with E-state index >= 15 is 0 Å². The quantitative estimate of drug-likeness (QED) is 0.752. The summed E-state index contributed by atoms with van der Waals surface area (Å²) in [5.41, 5.74) is 5.99. The predicted molar refractivity (Wildman–Crippen MR) is 76.4 cm³/mol. The number of nitrogens with one attached hydrogen (secondary N) is 1. The third-order valence-electron chi connectivity index (χ3n) is 2.83. The fraction of sp³-hybridized carbons (Fsp3) is 0.538. The van der Waals surface area contributed by atoms with E-state index < -0.39 is 5.97 Å². The van der Waals surface area contributed by atoms with Gasteiger partial charge in [0, 0.05) is 6.42 Å². The van der Waals surface area contributed by atoms with Crippen molar-refractivity contribution in [3.8, 4) is 0 Å². The molecular weight excluding hydrogens is 264 g/mol. The van der Waals surface area contributed by atoms with E-state index in [-0.39, 0.29) is 5.91 Å². The number of methoxy groups -OCH3 is 1. The summed E-state index contributed by atoms with van der Waals surface area (Å²) in [5.74, 6) is -0.0903. The minimum absolute atomic E-state index is 0.0903. The smallest absolute Gasteiger partial charge is 0.350 e. The number of thiophene rings is 1. The molecule has 1 atom stereocenters. The summed E-state index contributed by atoms with van der Waals surface area (Å²) in [6, 6.07) is 1.71. The Balaban J connectivity index is 2.49. The molecule has 0 fully saturated rings. The molecule has 5 nitrogen and oxygen atoms in total. The SMILES string of the molecule is COC(=O)c1sccc1NC(=O)CCC(C)CCN. The molecule has 0 saturated carbocycles. The first-order valence-corrected chi connectivity index (χ1v) is 7.12. The molecule has 0 aromatic carbocycles. The van der Waals surface area contributed by atoms with Gasteiger partial charge in [0.1, 0.15) is 4.88 Å². The van der Waals surface area contributed by atoms with Crippen molar-refractivity contribution in [1.29, 1.82) is 0 Å². The van der Waals surface area contributed by atoms with Gasteiger partial charge in [-0.15, -0.1) is 11.3 Å². The molecule has 0 aliphatic carbocycles. The number of amides is 1. The first-order valence-electron chi connectivity index (χ1n) is 6.24. The van der Waals surface area contributed by atoms with Crippen LogP contribution in [0.1, 0.15) is 35.9 Å². The molecule has 1 amide bonds. The Morgan fingerprint density at radius 3 is 2.84 bits per heavy atom. The van der Waals surface area contributed by atoms with E-state index in [9.17, 15) is 9.59 Å². The summed E-state index contributed by atoms with van der Waals surface area (Å²) < 4.78 is 4.65. The maximum Gasteiger partial charge on any atom is 0.350 e. The highest BCUT2D eigenvalue weighted by atomic mass is 32.1. The lowest BCUT2D eigenvalue weighted by atomic mass is 10.0. The average Bonchev–Trinajstić information content (AvgIpc) is 2.84. The van der Waals surface area contributed by atoms with E-state index in [1.807, 2.05) is 0 Å². The van der Waals surface area contributed by atoms with Crippen molar-refractivity contribution in [2.75, 3.05) is 19.0 Å². The molecular formula is C13H20N2O3S. The van der Waals surface area contributed by atoms with Crippen LogP contribution >= 0.6 is 11.3 Å². The Hall–Kier alpha value is -1.40. The van der Waals surface area contributed by atoms with Crippen molar-refractivity contribution in [1.82, 2.24) is 0 Å². The molecule has 3 N–H and O–H groups in total. The Morgan fingerprint density at radius 1 is 1.47 bits per heavy atom. The molecule has 1 unspecified atom stereocenters. The minimum Gasteiger partial charge on any atom is -0.465 e. The highest BCUT2D eigenvalue weighted by molar-refractivity contribution is 7.12. The average molecular weight is 284 g/mol. The fourth-order valence-electron chi connectivity index (χ4n) is 1.68. The Kier molecular flexibility index (Phi) is 6.52. The summed E-state index contributed by atoms with van der Waals surface area (Å²) in [5, 5.41) is 4.49. The molecule has 0 bridgehead atoms. The third-order valence-corrected chi connectivity index (χ3v) is 3.73. The normalized spacial score (nSPS) is 11.9. The second-order valence-corrected chi connectivity index (χ2v) is 5.34. The van der Waals surface area contributed by atoms with Gasteiger partial charge in [-0.1, -0.05) is 6.92 Å². The van der Waals surface area contributed by atoms with E-state index in [4.69, 9.17) is 5.73 Å². The van der Waals surface area contributed by atoms with Crippen LogP contribution in [0.25, 0.3) is 0 Å². The van der Waals surface area contributed by atoms with Crippen molar-refractivity contribution in [2.45, 2.75) is 26.2 Å². The van der Waals surface area contributed by atoms with Crippen molar-refractivity contribution < 1.29 is 14.3 Å². The van der Waals surface area contributed by atoms with E-state index in [0.717, 1.165) is 12.8 Å². The number of carbonyl (C=O) groups is 2. The summed E-state index contributed by atoms with van der Waals surface area (Å²) in [7, 11) is 1.32.